The number of nitrogens with zero attached hydrogens (tertiary/aromatic N) is 2. The lowest BCUT2D eigenvalue weighted by Gasteiger charge is -2.30. The van der Waals surface area contributed by atoms with Gasteiger partial charge in [0.2, 0.25) is 0 Å². The number of carbonyl (C=O) groups is 1. The molecule has 1 aromatic heterocycles. The first-order valence-electron chi connectivity index (χ1n) is 7.27. The molecular weight excluding hydrogens is 304 g/mol. The average molecular weight is 322 g/mol. The maximum absolute atomic E-state index is 12.8. The number of rotatable bonds is 4. The predicted octanol–water partition coefficient (Wildman–Crippen LogP) is 2.75. The summed E-state index contributed by atoms with van der Waals surface area (Å²) in [6.07, 6.45) is 3.36. The molecule has 21 heavy (non-hydrogen) atoms. The zero-order chi connectivity index (χ0) is 14.7. The van der Waals surface area contributed by atoms with Gasteiger partial charge in [0.05, 0.1) is 16.5 Å². The molecule has 2 saturated heterocycles. The van der Waals surface area contributed by atoms with E-state index in [1.807, 2.05) is 16.7 Å². The highest BCUT2D eigenvalue weighted by molar-refractivity contribution is 7.99. The van der Waals surface area contributed by atoms with E-state index in [-0.39, 0.29) is 12.0 Å². The second-order valence-electron chi connectivity index (χ2n) is 5.42. The van der Waals surface area contributed by atoms with Gasteiger partial charge < -0.3 is 9.64 Å². The van der Waals surface area contributed by atoms with Crippen molar-refractivity contribution in [2.24, 2.45) is 0 Å². The van der Waals surface area contributed by atoms with Crippen LogP contribution in [0.3, 0.4) is 0 Å². The van der Waals surface area contributed by atoms with E-state index in [0.29, 0.717) is 23.0 Å². The van der Waals surface area contributed by atoms with Gasteiger partial charge in [-0.1, -0.05) is 0 Å². The number of nitriles is 1. The van der Waals surface area contributed by atoms with Gasteiger partial charge >= 0.3 is 0 Å². The molecule has 2 aliphatic rings. The summed E-state index contributed by atoms with van der Waals surface area (Å²) in [4.78, 5) is 15.5. The van der Waals surface area contributed by atoms with E-state index in [2.05, 4.69) is 6.07 Å². The lowest BCUT2D eigenvalue weighted by molar-refractivity contribution is 0.0445. The predicted molar refractivity (Wildman–Crippen MR) is 84.8 cm³/mol. The molecule has 0 spiro atoms. The number of hydrogen-bond acceptors (Lipinski definition) is 5. The number of hydrogen-bond donors (Lipinski definition) is 0. The molecule has 1 amide bonds. The highest BCUT2D eigenvalue weighted by Gasteiger charge is 2.31. The summed E-state index contributed by atoms with van der Waals surface area (Å²) in [6, 6.07) is 4.11. The second-order valence-corrected chi connectivity index (χ2v) is 7.48. The summed E-state index contributed by atoms with van der Waals surface area (Å²) in [5, 5.41) is 10.7. The van der Waals surface area contributed by atoms with Crippen molar-refractivity contribution in [2.75, 3.05) is 24.7 Å². The first kappa shape index (κ1) is 14.9. The Bertz CT molecular complexity index is 540. The van der Waals surface area contributed by atoms with Gasteiger partial charge in [-0.15, -0.1) is 11.3 Å². The average Bonchev–Trinajstić information content (AvgIpc) is 3.25. The standard InChI is InChI=1S/C15H18N2O2S2/c16-7-11-6-14(21-9-11)15(18)17(12-3-5-20-10-12)8-13-2-1-4-19-13/h6,9,12-13H,1-5,8,10H2/t12-,13+/m1/s1. The summed E-state index contributed by atoms with van der Waals surface area (Å²) >= 11 is 3.27. The van der Waals surface area contributed by atoms with Crippen LogP contribution in [-0.2, 0) is 4.74 Å². The Morgan fingerprint density at radius 2 is 2.43 bits per heavy atom. The van der Waals surface area contributed by atoms with Gasteiger partial charge in [0.1, 0.15) is 6.07 Å². The van der Waals surface area contributed by atoms with Crippen LogP contribution in [0, 0.1) is 11.3 Å². The van der Waals surface area contributed by atoms with Crippen molar-refractivity contribution in [1.29, 1.82) is 5.26 Å². The molecule has 0 aromatic carbocycles. The molecule has 2 aliphatic heterocycles. The number of ether oxygens (including phenoxy) is 1. The number of thiophene rings is 1. The SMILES string of the molecule is N#Cc1csc(C(=O)N(C[C@@H]2CCCO2)[C@@H]2CCSC2)c1. The molecular formula is C15H18N2O2S2. The van der Waals surface area contributed by atoms with Crippen molar-refractivity contribution in [2.45, 2.75) is 31.4 Å². The van der Waals surface area contributed by atoms with Crippen molar-refractivity contribution in [3.8, 4) is 6.07 Å². The van der Waals surface area contributed by atoms with Crippen molar-refractivity contribution in [3.63, 3.8) is 0 Å². The summed E-state index contributed by atoms with van der Waals surface area (Å²) in [6.45, 7) is 1.49. The molecule has 0 saturated carbocycles. The Hall–Kier alpha value is -1.03. The van der Waals surface area contributed by atoms with E-state index < -0.39 is 0 Å². The van der Waals surface area contributed by atoms with Gasteiger partial charge in [-0.2, -0.15) is 17.0 Å². The Kier molecular flexibility index (Phi) is 4.84. The summed E-state index contributed by atoms with van der Waals surface area (Å²) in [5.41, 5.74) is 0.571. The molecule has 0 bridgehead atoms. The minimum absolute atomic E-state index is 0.0597. The topological polar surface area (TPSA) is 53.3 Å². The van der Waals surface area contributed by atoms with Crippen LogP contribution in [0.2, 0.25) is 0 Å². The summed E-state index contributed by atoms with van der Waals surface area (Å²) in [7, 11) is 0. The highest BCUT2D eigenvalue weighted by Crippen LogP contribution is 2.27. The minimum Gasteiger partial charge on any atom is -0.376 e. The zero-order valence-corrected chi connectivity index (χ0v) is 13.4. The molecule has 4 nitrogen and oxygen atoms in total. The molecule has 112 valence electrons. The van der Waals surface area contributed by atoms with Crippen LogP contribution in [0.5, 0.6) is 0 Å². The van der Waals surface area contributed by atoms with Crippen molar-refractivity contribution in [1.82, 2.24) is 4.90 Å². The molecule has 3 heterocycles. The molecule has 0 unspecified atom stereocenters. The summed E-state index contributed by atoms with van der Waals surface area (Å²) in [5.74, 6) is 2.19. The molecule has 1 aromatic rings. The van der Waals surface area contributed by atoms with Crippen molar-refractivity contribution in [3.05, 3.63) is 21.9 Å². The highest BCUT2D eigenvalue weighted by atomic mass is 32.2. The van der Waals surface area contributed by atoms with E-state index in [1.165, 1.54) is 11.3 Å². The third-order valence-corrected chi connectivity index (χ3v) is 6.03. The summed E-state index contributed by atoms with van der Waals surface area (Å²) < 4.78 is 5.71. The fourth-order valence-electron chi connectivity index (χ4n) is 2.82. The van der Waals surface area contributed by atoms with Crippen molar-refractivity contribution >= 4 is 29.0 Å². The Morgan fingerprint density at radius 3 is 3.05 bits per heavy atom. The maximum atomic E-state index is 12.8. The molecule has 2 atom stereocenters. The van der Waals surface area contributed by atoms with Gasteiger partial charge in [-0.05, 0) is 31.1 Å². The molecule has 6 heteroatoms. The van der Waals surface area contributed by atoms with Gasteiger partial charge in [0, 0.05) is 30.3 Å². The van der Waals surface area contributed by atoms with Crippen LogP contribution >= 0.6 is 23.1 Å². The fraction of sp³-hybridized carbons (Fsp3) is 0.600. The Morgan fingerprint density at radius 1 is 1.52 bits per heavy atom. The number of thioether (sulfide) groups is 1. The van der Waals surface area contributed by atoms with Crippen molar-refractivity contribution < 1.29 is 9.53 Å². The van der Waals surface area contributed by atoms with Gasteiger partial charge in [-0.3, -0.25) is 4.79 Å². The zero-order valence-electron chi connectivity index (χ0n) is 11.8. The molecule has 3 rings (SSSR count). The smallest absolute Gasteiger partial charge is 0.264 e. The number of carbonyl (C=O) groups excluding carboxylic acids is 1. The molecule has 0 aliphatic carbocycles. The van der Waals surface area contributed by atoms with Crippen LogP contribution in [0.1, 0.15) is 34.5 Å². The maximum Gasteiger partial charge on any atom is 0.264 e. The largest absolute Gasteiger partial charge is 0.376 e. The van der Waals surface area contributed by atoms with Crippen LogP contribution in [-0.4, -0.2) is 47.6 Å². The van der Waals surface area contributed by atoms with Gasteiger partial charge in [0.25, 0.3) is 5.91 Å². The second kappa shape index (κ2) is 6.82. The third kappa shape index (κ3) is 3.42. The normalized spacial score (nSPS) is 24.9. The first-order valence-corrected chi connectivity index (χ1v) is 9.30. The van der Waals surface area contributed by atoms with E-state index in [0.717, 1.165) is 37.4 Å². The molecule has 0 N–H and O–H groups in total. The first-order chi connectivity index (χ1) is 10.3. The monoisotopic (exact) mass is 322 g/mol. The van der Waals surface area contributed by atoms with Crippen LogP contribution in [0.4, 0.5) is 0 Å². The Balaban J connectivity index is 1.76. The third-order valence-electron chi connectivity index (χ3n) is 3.97. The Labute approximate surface area is 133 Å². The van der Waals surface area contributed by atoms with E-state index in [4.69, 9.17) is 10.00 Å². The lowest BCUT2D eigenvalue weighted by atomic mass is 10.1. The van der Waals surface area contributed by atoms with Crippen LogP contribution < -0.4 is 0 Å². The number of amides is 1. The van der Waals surface area contributed by atoms with Crippen LogP contribution in [0.15, 0.2) is 11.4 Å². The quantitative estimate of drug-likeness (QED) is 0.855. The van der Waals surface area contributed by atoms with E-state index in [9.17, 15) is 4.79 Å². The van der Waals surface area contributed by atoms with Gasteiger partial charge in [0.15, 0.2) is 0 Å². The fourth-order valence-corrected chi connectivity index (χ4v) is 4.83. The van der Waals surface area contributed by atoms with E-state index in [1.54, 1.807) is 11.4 Å². The van der Waals surface area contributed by atoms with Crippen LogP contribution in [0.25, 0.3) is 0 Å². The molecule has 0 radical (unpaired) electrons. The molecule has 2 fully saturated rings. The lowest BCUT2D eigenvalue weighted by Crippen LogP contribution is -2.44. The van der Waals surface area contributed by atoms with Gasteiger partial charge in [-0.25, -0.2) is 0 Å². The van der Waals surface area contributed by atoms with E-state index >= 15 is 0 Å². The minimum atomic E-state index is 0.0597.